The highest BCUT2D eigenvalue weighted by Gasteiger charge is 2.20. The Kier molecular flexibility index (Phi) is 6.27. The standard InChI is InChI=1S/C20H30N4O2/c1-21-7-11-23-13-9-22(2)10-14-24(12-8-21)20(26)16-18-4-3-17(5-6-18)15-19(23)25/h3-6H,7-16H2,1-2H3. The number of carbonyl (C=O) groups excluding carboxylic acids is 2. The molecule has 0 radical (unpaired) electrons. The lowest BCUT2D eigenvalue weighted by Crippen LogP contribution is -2.47. The Hall–Kier alpha value is -1.92. The maximum absolute atomic E-state index is 12.8. The first-order chi connectivity index (χ1) is 12.5. The average molecular weight is 358 g/mol. The van der Waals surface area contributed by atoms with Gasteiger partial charge in [0.1, 0.15) is 0 Å². The molecule has 0 aromatic heterocycles. The molecule has 0 saturated carbocycles. The third-order valence-electron chi connectivity index (χ3n) is 5.45. The number of hydrogen-bond donors (Lipinski definition) is 0. The highest BCUT2D eigenvalue weighted by atomic mass is 16.2. The maximum Gasteiger partial charge on any atom is 0.227 e. The zero-order valence-corrected chi connectivity index (χ0v) is 16.0. The second-order valence-electron chi connectivity index (χ2n) is 7.54. The molecule has 1 fully saturated rings. The molecule has 6 heteroatoms. The fourth-order valence-corrected chi connectivity index (χ4v) is 3.46. The highest BCUT2D eigenvalue weighted by Crippen LogP contribution is 2.11. The van der Waals surface area contributed by atoms with Crippen molar-refractivity contribution in [2.45, 2.75) is 12.8 Å². The van der Waals surface area contributed by atoms with Gasteiger partial charge in [0.15, 0.2) is 0 Å². The van der Waals surface area contributed by atoms with E-state index in [0.29, 0.717) is 12.8 Å². The summed E-state index contributed by atoms with van der Waals surface area (Å²) in [6, 6.07) is 7.95. The van der Waals surface area contributed by atoms with Crippen LogP contribution in [0, 0.1) is 0 Å². The molecule has 0 N–H and O–H groups in total. The second kappa shape index (κ2) is 8.64. The molecule has 0 atom stereocenters. The summed E-state index contributed by atoms with van der Waals surface area (Å²) in [5, 5.41) is 0. The van der Waals surface area contributed by atoms with Gasteiger partial charge in [-0.25, -0.2) is 0 Å². The summed E-state index contributed by atoms with van der Waals surface area (Å²) in [6.45, 7) is 6.24. The Morgan fingerprint density at radius 3 is 1.19 bits per heavy atom. The fraction of sp³-hybridized carbons (Fsp3) is 0.600. The van der Waals surface area contributed by atoms with Crippen LogP contribution in [0.5, 0.6) is 0 Å². The molecule has 5 aliphatic rings. The van der Waals surface area contributed by atoms with E-state index in [9.17, 15) is 9.59 Å². The van der Waals surface area contributed by atoms with E-state index in [1.54, 1.807) is 0 Å². The van der Waals surface area contributed by atoms with Gasteiger partial charge in [0.05, 0.1) is 12.8 Å². The van der Waals surface area contributed by atoms with Crippen molar-refractivity contribution in [1.82, 2.24) is 19.6 Å². The molecule has 2 amide bonds. The van der Waals surface area contributed by atoms with E-state index in [1.807, 2.05) is 34.1 Å². The Morgan fingerprint density at radius 1 is 0.577 bits per heavy atom. The van der Waals surface area contributed by atoms with Gasteiger partial charge in [-0.05, 0) is 25.2 Å². The van der Waals surface area contributed by atoms with Crippen LogP contribution in [0.15, 0.2) is 24.3 Å². The molecule has 1 saturated heterocycles. The molecule has 0 spiro atoms. The van der Waals surface area contributed by atoms with Gasteiger partial charge in [-0.1, -0.05) is 24.3 Å². The van der Waals surface area contributed by atoms with E-state index < -0.39 is 0 Å². The first-order valence-electron chi connectivity index (χ1n) is 9.52. The number of carbonyl (C=O) groups is 2. The summed E-state index contributed by atoms with van der Waals surface area (Å²) in [5.41, 5.74) is 2.03. The van der Waals surface area contributed by atoms with Crippen molar-refractivity contribution >= 4 is 11.8 Å². The van der Waals surface area contributed by atoms with E-state index in [0.717, 1.165) is 63.5 Å². The van der Waals surface area contributed by atoms with Crippen LogP contribution in [0.25, 0.3) is 0 Å². The van der Waals surface area contributed by atoms with E-state index in [-0.39, 0.29) is 11.8 Å². The lowest BCUT2D eigenvalue weighted by atomic mass is 10.1. The van der Waals surface area contributed by atoms with Crippen LogP contribution in [-0.2, 0) is 22.4 Å². The molecule has 0 unspecified atom stereocenters. The van der Waals surface area contributed by atoms with Crippen molar-refractivity contribution in [2.75, 3.05) is 66.5 Å². The van der Waals surface area contributed by atoms with Gasteiger partial charge < -0.3 is 19.6 Å². The summed E-state index contributed by atoms with van der Waals surface area (Å²) in [5.74, 6) is 0.369. The molecule has 5 aliphatic heterocycles. The van der Waals surface area contributed by atoms with E-state index in [2.05, 4.69) is 23.9 Å². The van der Waals surface area contributed by atoms with E-state index in [4.69, 9.17) is 0 Å². The Morgan fingerprint density at radius 2 is 0.885 bits per heavy atom. The fourth-order valence-electron chi connectivity index (χ4n) is 3.46. The van der Waals surface area contributed by atoms with Crippen molar-refractivity contribution in [2.24, 2.45) is 0 Å². The van der Waals surface area contributed by atoms with Crippen molar-refractivity contribution in [3.8, 4) is 0 Å². The van der Waals surface area contributed by atoms with Crippen LogP contribution in [0.3, 0.4) is 0 Å². The summed E-state index contributed by atoms with van der Waals surface area (Å²) in [7, 11) is 4.13. The van der Waals surface area contributed by atoms with Gasteiger partial charge in [-0.15, -0.1) is 0 Å². The monoisotopic (exact) mass is 358 g/mol. The molecule has 6 rings (SSSR count). The first kappa shape index (κ1) is 18.9. The minimum Gasteiger partial charge on any atom is -0.340 e. The number of nitrogens with zero attached hydrogens (tertiary/aromatic N) is 4. The quantitative estimate of drug-likeness (QED) is 0.670. The molecule has 6 nitrogen and oxygen atoms in total. The summed E-state index contributed by atoms with van der Waals surface area (Å²) >= 11 is 0. The normalized spacial score (nSPS) is 21.9. The van der Waals surface area contributed by atoms with Crippen molar-refractivity contribution < 1.29 is 9.59 Å². The minimum absolute atomic E-state index is 0.184. The van der Waals surface area contributed by atoms with Crippen molar-refractivity contribution in [3.05, 3.63) is 35.4 Å². The summed E-state index contributed by atoms with van der Waals surface area (Å²) in [4.78, 5) is 34.1. The minimum atomic E-state index is 0.184. The van der Waals surface area contributed by atoms with Gasteiger partial charge in [0, 0.05) is 52.4 Å². The third-order valence-corrected chi connectivity index (χ3v) is 5.45. The number of rotatable bonds is 0. The molecule has 4 bridgehead atoms. The zero-order chi connectivity index (χ0) is 18.5. The maximum atomic E-state index is 12.8. The van der Waals surface area contributed by atoms with Crippen LogP contribution in [0.4, 0.5) is 0 Å². The zero-order valence-electron chi connectivity index (χ0n) is 16.0. The predicted molar refractivity (Wildman–Crippen MR) is 102 cm³/mol. The molecule has 26 heavy (non-hydrogen) atoms. The van der Waals surface area contributed by atoms with E-state index >= 15 is 0 Å². The van der Waals surface area contributed by atoms with Crippen LogP contribution < -0.4 is 0 Å². The first-order valence-corrected chi connectivity index (χ1v) is 9.52. The molecular weight excluding hydrogens is 328 g/mol. The Balaban J connectivity index is 1.91. The Labute approximate surface area is 156 Å². The van der Waals surface area contributed by atoms with Crippen LogP contribution in [0.2, 0.25) is 0 Å². The number of hydrogen-bond acceptors (Lipinski definition) is 4. The predicted octanol–water partition coefficient (Wildman–Crippen LogP) is 0.320. The Bertz CT molecular complexity index is 560. The largest absolute Gasteiger partial charge is 0.340 e. The molecule has 142 valence electrons. The van der Waals surface area contributed by atoms with Crippen molar-refractivity contribution in [1.29, 1.82) is 0 Å². The average Bonchev–Trinajstić information content (AvgIpc) is 2.62. The van der Waals surface area contributed by atoms with Gasteiger partial charge in [-0.2, -0.15) is 0 Å². The second-order valence-corrected chi connectivity index (χ2v) is 7.54. The molecular formula is C20H30N4O2. The van der Waals surface area contributed by atoms with E-state index in [1.165, 1.54) is 0 Å². The molecule has 5 heterocycles. The van der Waals surface area contributed by atoms with Crippen LogP contribution >= 0.6 is 0 Å². The van der Waals surface area contributed by atoms with Gasteiger partial charge >= 0.3 is 0 Å². The highest BCUT2D eigenvalue weighted by molar-refractivity contribution is 5.80. The van der Waals surface area contributed by atoms with Gasteiger partial charge in [0.2, 0.25) is 11.8 Å². The summed E-state index contributed by atoms with van der Waals surface area (Å²) in [6.07, 6.45) is 0.849. The SMILES string of the molecule is CN1CCN2CCN(C)CCN(CC1)C(=O)Cc1ccc(cc1)CC2=O. The molecule has 0 aliphatic carbocycles. The number of likely N-dealkylation sites (N-methyl/N-ethyl adjacent to an activating group) is 2. The van der Waals surface area contributed by atoms with Crippen molar-refractivity contribution in [3.63, 3.8) is 0 Å². The van der Waals surface area contributed by atoms with Gasteiger partial charge in [0.25, 0.3) is 0 Å². The topological polar surface area (TPSA) is 47.1 Å². The number of benzene rings is 1. The molecule has 1 aromatic rings. The molecule has 1 aromatic carbocycles. The number of amides is 2. The lowest BCUT2D eigenvalue weighted by Gasteiger charge is -2.32. The van der Waals surface area contributed by atoms with Crippen LogP contribution in [-0.4, -0.2) is 97.9 Å². The third kappa shape index (κ3) is 5.05. The van der Waals surface area contributed by atoms with Gasteiger partial charge in [-0.3, -0.25) is 9.59 Å². The van der Waals surface area contributed by atoms with Crippen LogP contribution in [0.1, 0.15) is 11.1 Å². The summed E-state index contributed by atoms with van der Waals surface area (Å²) < 4.78 is 0. The smallest absolute Gasteiger partial charge is 0.227 e. The lowest BCUT2D eigenvalue weighted by molar-refractivity contribution is -0.131.